The second-order valence-electron chi connectivity index (χ2n) is 24.4. The fourth-order valence-corrected chi connectivity index (χ4v) is 14.2. The number of benzene rings is 8. The van der Waals surface area contributed by atoms with Gasteiger partial charge in [0.2, 0.25) is 0 Å². The molecule has 18 rings (SSSR count). The predicted molar refractivity (Wildman–Crippen MR) is 404 cm³/mol. The zero-order valence-corrected chi connectivity index (χ0v) is 52.5. The highest BCUT2D eigenvalue weighted by Gasteiger charge is 2.25. The van der Waals surface area contributed by atoms with E-state index in [1.807, 2.05) is 0 Å². The Bertz CT molecular complexity index is 5540. The summed E-state index contributed by atoms with van der Waals surface area (Å²) in [5.74, 6) is 0. The van der Waals surface area contributed by atoms with Gasteiger partial charge in [0.05, 0.1) is 79.0 Å². The minimum Gasteiger partial charge on any atom is -0.354 e. The van der Waals surface area contributed by atoms with E-state index < -0.39 is 0 Å². The molecule has 0 saturated heterocycles. The van der Waals surface area contributed by atoms with Gasteiger partial charge in [-0.25, -0.2) is 19.9 Å². The number of aromatic nitrogens is 8. The molecule has 0 saturated carbocycles. The van der Waals surface area contributed by atoms with E-state index in [2.05, 4.69) is 353 Å². The Morgan fingerprint density at radius 1 is 0.186 bits per heavy atom. The minimum atomic E-state index is 0.790. The van der Waals surface area contributed by atoms with Crippen molar-refractivity contribution >= 4 is 104 Å². The Hall–Kier alpha value is -13.2. The third-order valence-corrected chi connectivity index (χ3v) is 18.5. The molecular formula is C88H59N9. The van der Waals surface area contributed by atoms with Gasteiger partial charge >= 0.3 is 0 Å². The summed E-state index contributed by atoms with van der Waals surface area (Å²) in [6, 6.07) is 97.8. The van der Waals surface area contributed by atoms with Gasteiger partial charge < -0.3 is 25.3 Å². The van der Waals surface area contributed by atoms with E-state index in [-0.39, 0.29) is 0 Å². The van der Waals surface area contributed by atoms with Crippen molar-refractivity contribution in [3.05, 3.63) is 325 Å². The van der Waals surface area contributed by atoms with Crippen LogP contribution in [0.4, 0.5) is 11.4 Å². The van der Waals surface area contributed by atoms with Crippen LogP contribution in [-0.4, -0.2) is 39.9 Å². The zero-order valence-electron chi connectivity index (χ0n) is 52.5. The van der Waals surface area contributed by atoms with Crippen LogP contribution in [-0.2, 0) is 0 Å². The molecule has 4 aliphatic heterocycles. The van der Waals surface area contributed by atoms with Crippen LogP contribution >= 0.6 is 0 Å². The van der Waals surface area contributed by atoms with Gasteiger partial charge in [-0.2, -0.15) is 0 Å². The number of H-pyrrole nitrogens is 4. The fourth-order valence-electron chi connectivity index (χ4n) is 14.2. The summed E-state index contributed by atoms with van der Waals surface area (Å²) in [4.78, 5) is 38.9. The van der Waals surface area contributed by atoms with Crippen LogP contribution < -0.4 is 5.32 Å². The van der Waals surface area contributed by atoms with Gasteiger partial charge in [0.15, 0.2) is 0 Å². The molecule has 0 spiro atoms. The smallest absolute Gasteiger partial charge is 0.0738 e. The standard InChI is InChI=1S/C88H59N9/c1-9-25-55(26-10-1)79-63-41-43-65(89-63)81(57-29-13-3-14-30-57)69-49-51-73(93-69)85(61-37-21-7-22-38-61)87-77(53-75(96-87)83(59-33-17-5-18-34-59)71-47-45-67(79)91-71)95-78-54-76-84(60-35-19-6-20-36-60)72-48-46-68(92-72)80(56-27-11-2-12-28-56)64-42-44-66(90-64)82(58-31-15-4-16-32-58)70-50-52-74(94-70)86(88(78)97-76)62-39-23-8-24-40-62/h1-54,89-90,95-97H. The molecule has 10 heterocycles. The molecule has 8 aromatic carbocycles. The molecule has 0 atom stereocenters. The van der Waals surface area contributed by atoms with E-state index in [1.165, 1.54) is 0 Å². The highest BCUT2D eigenvalue weighted by Crippen LogP contribution is 2.46. The van der Waals surface area contributed by atoms with Gasteiger partial charge in [0, 0.05) is 66.6 Å². The third-order valence-electron chi connectivity index (χ3n) is 18.5. The van der Waals surface area contributed by atoms with Gasteiger partial charge in [0.1, 0.15) is 0 Å². The van der Waals surface area contributed by atoms with Crippen LogP contribution in [0, 0.1) is 0 Å². The van der Waals surface area contributed by atoms with Crippen molar-refractivity contribution in [1.82, 2.24) is 39.9 Å². The molecule has 0 unspecified atom stereocenters. The molecule has 456 valence electrons. The highest BCUT2D eigenvalue weighted by atomic mass is 15.0. The second kappa shape index (κ2) is 24.0. The molecule has 0 radical (unpaired) electrons. The Labute approximate surface area is 559 Å². The second-order valence-corrected chi connectivity index (χ2v) is 24.4. The van der Waals surface area contributed by atoms with Gasteiger partial charge in [-0.15, -0.1) is 0 Å². The first-order valence-electron chi connectivity index (χ1n) is 32.7. The van der Waals surface area contributed by atoms with Crippen molar-refractivity contribution in [1.29, 1.82) is 0 Å². The van der Waals surface area contributed by atoms with E-state index in [9.17, 15) is 0 Å². The third kappa shape index (κ3) is 10.3. The molecule has 5 N–H and O–H groups in total. The minimum absolute atomic E-state index is 0.790. The average Bonchev–Trinajstić information content (AvgIpc) is 1.62. The number of nitrogens with one attached hydrogen (secondary N) is 5. The van der Waals surface area contributed by atoms with Gasteiger partial charge in [-0.05, 0) is 130 Å². The topological polar surface area (TPSA) is 127 Å². The molecule has 9 nitrogen and oxygen atoms in total. The van der Waals surface area contributed by atoms with Crippen LogP contribution in [0.25, 0.3) is 182 Å². The molecule has 0 amide bonds. The molecule has 9 heteroatoms. The molecule has 4 aliphatic rings. The quantitative estimate of drug-likeness (QED) is 0.0932. The normalized spacial score (nSPS) is 12.2. The maximum absolute atomic E-state index is 5.74. The number of rotatable bonds is 10. The van der Waals surface area contributed by atoms with Crippen molar-refractivity contribution in [2.24, 2.45) is 0 Å². The van der Waals surface area contributed by atoms with E-state index in [1.54, 1.807) is 0 Å². The Morgan fingerprint density at radius 3 is 0.588 bits per heavy atom. The lowest BCUT2D eigenvalue weighted by Crippen LogP contribution is -1.93. The molecule has 0 fully saturated rings. The van der Waals surface area contributed by atoms with E-state index >= 15 is 0 Å². The predicted octanol–water partition coefficient (Wildman–Crippen LogP) is 22.7. The fraction of sp³-hybridized carbons (Fsp3) is 0. The average molecular weight is 1240 g/mol. The summed E-state index contributed by atoms with van der Waals surface area (Å²) in [5, 5.41) is 4.23. The molecule has 14 aromatic rings. The SMILES string of the molecule is C1=Cc2nc1c(-c1ccccc1)c1ccc([nH]1)c(-c1ccccc1)c1nc(c(-c3ccccc3)c3[nH]c(cc3Nc3cc4[nH]c3c(-c3ccccc3)c3nc(c(-c5ccccc5)c5ccc([nH]5)c(-c5ccccc5)c5nc(c4-c4ccccc4)C=C5)C=C3)c2-c2ccccc2)C=C1. The first-order valence-corrected chi connectivity index (χ1v) is 32.7. The summed E-state index contributed by atoms with van der Waals surface area (Å²) >= 11 is 0. The summed E-state index contributed by atoms with van der Waals surface area (Å²) < 4.78 is 0. The van der Waals surface area contributed by atoms with Gasteiger partial charge in [0.25, 0.3) is 0 Å². The summed E-state index contributed by atoms with van der Waals surface area (Å²) in [7, 11) is 0. The van der Waals surface area contributed by atoms with Crippen molar-refractivity contribution in [2.45, 2.75) is 0 Å². The maximum Gasteiger partial charge on any atom is 0.0738 e. The summed E-state index contributed by atoms with van der Waals surface area (Å²) in [5.41, 5.74) is 30.9. The zero-order chi connectivity index (χ0) is 64.2. The van der Waals surface area contributed by atoms with E-state index in [4.69, 9.17) is 19.9 Å². The molecule has 97 heavy (non-hydrogen) atoms. The lowest BCUT2D eigenvalue weighted by atomic mass is 10.0. The number of hydrogen-bond donors (Lipinski definition) is 5. The van der Waals surface area contributed by atoms with Crippen LogP contribution in [0.2, 0.25) is 0 Å². The number of hydrogen-bond acceptors (Lipinski definition) is 5. The van der Waals surface area contributed by atoms with Crippen molar-refractivity contribution < 1.29 is 0 Å². The van der Waals surface area contributed by atoms with Crippen molar-refractivity contribution in [3.8, 4) is 89.0 Å². The first kappa shape index (κ1) is 56.5. The Kier molecular flexibility index (Phi) is 14.0. The van der Waals surface area contributed by atoms with Crippen molar-refractivity contribution in [2.75, 3.05) is 5.32 Å². The van der Waals surface area contributed by atoms with Crippen LogP contribution in [0.3, 0.4) is 0 Å². The molecule has 0 aliphatic carbocycles. The molecule has 6 aromatic heterocycles. The van der Waals surface area contributed by atoms with Crippen molar-refractivity contribution in [3.63, 3.8) is 0 Å². The summed E-state index contributed by atoms with van der Waals surface area (Å²) in [6.07, 6.45) is 17.3. The Balaban J connectivity index is 1.01. The largest absolute Gasteiger partial charge is 0.354 e. The van der Waals surface area contributed by atoms with E-state index in [0.717, 1.165) is 190 Å². The first-order chi connectivity index (χ1) is 48.1. The van der Waals surface area contributed by atoms with Crippen LogP contribution in [0.5, 0.6) is 0 Å². The van der Waals surface area contributed by atoms with E-state index in [0.29, 0.717) is 0 Å². The molecular weight excluding hydrogens is 1180 g/mol. The number of anilines is 2. The van der Waals surface area contributed by atoms with Gasteiger partial charge in [-0.3, -0.25) is 0 Å². The number of nitrogens with zero attached hydrogens (tertiary/aromatic N) is 4. The monoisotopic (exact) mass is 1240 g/mol. The van der Waals surface area contributed by atoms with Crippen LogP contribution in [0.1, 0.15) is 45.6 Å². The van der Waals surface area contributed by atoms with Gasteiger partial charge in [-0.1, -0.05) is 243 Å². The maximum atomic E-state index is 5.74. The number of aromatic amines is 4. The Morgan fingerprint density at radius 2 is 0.371 bits per heavy atom. The summed E-state index contributed by atoms with van der Waals surface area (Å²) in [6.45, 7) is 0. The number of fused-ring (bicyclic) bond motifs is 16. The molecule has 16 bridgehead atoms. The lowest BCUT2D eigenvalue weighted by Gasteiger charge is -2.10. The highest BCUT2D eigenvalue weighted by molar-refractivity contribution is 6.08. The van der Waals surface area contributed by atoms with Crippen LogP contribution in [0.15, 0.2) is 279 Å². The lowest BCUT2D eigenvalue weighted by molar-refractivity contribution is 1.31.